The fraction of sp³-hybridized carbons (Fsp3) is 0.333. The van der Waals surface area contributed by atoms with Crippen molar-refractivity contribution in [1.29, 1.82) is 0 Å². The van der Waals surface area contributed by atoms with E-state index in [2.05, 4.69) is 15.7 Å². The van der Waals surface area contributed by atoms with Gasteiger partial charge >= 0.3 is 6.03 Å². The number of aromatic nitrogens is 2. The third-order valence-electron chi connectivity index (χ3n) is 3.08. The van der Waals surface area contributed by atoms with Crippen molar-refractivity contribution in [2.24, 2.45) is 0 Å². The first-order chi connectivity index (χ1) is 10.4. The lowest BCUT2D eigenvalue weighted by atomic mass is 10.2. The Bertz CT molecular complexity index is 666. The SMILES string of the molecule is CC(C)n1cc(NC(=O)Nc2cc(F)ccc2N(C)C)cn1. The second kappa shape index (κ2) is 6.46. The molecule has 2 aromatic rings. The molecule has 118 valence electrons. The summed E-state index contributed by atoms with van der Waals surface area (Å²) in [5.41, 5.74) is 1.70. The molecule has 0 radical (unpaired) electrons. The lowest BCUT2D eigenvalue weighted by Crippen LogP contribution is -2.21. The minimum absolute atomic E-state index is 0.210. The number of carbonyl (C=O) groups is 1. The number of amides is 2. The molecule has 0 saturated heterocycles. The Kier molecular flexibility index (Phi) is 4.65. The molecule has 0 saturated carbocycles. The maximum absolute atomic E-state index is 13.4. The lowest BCUT2D eigenvalue weighted by molar-refractivity contribution is 0.262. The van der Waals surface area contributed by atoms with E-state index in [1.165, 1.54) is 12.1 Å². The van der Waals surface area contributed by atoms with Crippen LogP contribution in [0.5, 0.6) is 0 Å². The zero-order valence-corrected chi connectivity index (χ0v) is 13.1. The van der Waals surface area contributed by atoms with E-state index in [1.54, 1.807) is 28.0 Å². The van der Waals surface area contributed by atoms with E-state index in [0.29, 0.717) is 11.4 Å². The van der Waals surface area contributed by atoms with E-state index >= 15 is 0 Å². The third-order valence-corrected chi connectivity index (χ3v) is 3.08. The normalized spacial score (nSPS) is 10.6. The Morgan fingerprint density at radius 2 is 2.05 bits per heavy atom. The number of nitrogens with one attached hydrogen (secondary N) is 2. The molecule has 0 spiro atoms. The minimum atomic E-state index is -0.447. The Labute approximate surface area is 128 Å². The number of halogens is 1. The van der Waals surface area contributed by atoms with Crippen LogP contribution in [0.2, 0.25) is 0 Å². The van der Waals surface area contributed by atoms with Gasteiger partial charge in [-0.25, -0.2) is 9.18 Å². The summed E-state index contributed by atoms with van der Waals surface area (Å²) in [5, 5.41) is 9.47. The van der Waals surface area contributed by atoms with Crippen molar-refractivity contribution >= 4 is 23.1 Å². The van der Waals surface area contributed by atoms with Crippen molar-refractivity contribution < 1.29 is 9.18 Å². The molecule has 1 aromatic carbocycles. The molecule has 7 heteroatoms. The maximum Gasteiger partial charge on any atom is 0.323 e. The quantitative estimate of drug-likeness (QED) is 0.911. The molecule has 0 unspecified atom stereocenters. The molecule has 0 aliphatic carbocycles. The van der Waals surface area contributed by atoms with Gasteiger partial charge in [0, 0.05) is 26.3 Å². The van der Waals surface area contributed by atoms with E-state index < -0.39 is 11.8 Å². The number of rotatable bonds is 4. The molecule has 0 aliphatic heterocycles. The van der Waals surface area contributed by atoms with E-state index in [0.717, 1.165) is 5.69 Å². The topological polar surface area (TPSA) is 62.2 Å². The van der Waals surface area contributed by atoms with Crippen LogP contribution in [-0.2, 0) is 0 Å². The second-order valence-electron chi connectivity index (χ2n) is 5.44. The van der Waals surface area contributed by atoms with Crippen LogP contribution >= 0.6 is 0 Å². The molecular formula is C15H20FN5O. The first kappa shape index (κ1) is 15.8. The summed E-state index contributed by atoms with van der Waals surface area (Å²) in [7, 11) is 3.64. The predicted molar refractivity (Wildman–Crippen MR) is 86.0 cm³/mol. The Morgan fingerprint density at radius 1 is 1.32 bits per heavy atom. The van der Waals surface area contributed by atoms with Crippen molar-refractivity contribution in [3.8, 4) is 0 Å². The number of carbonyl (C=O) groups excluding carboxylic acids is 1. The number of urea groups is 1. The van der Waals surface area contributed by atoms with Crippen LogP contribution < -0.4 is 15.5 Å². The standard InChI is InChI=1S/C15H20FN5O/c1-10(2)21-9-12(8-17-21)18-15(22)19-13-7-11(16)5-6-14(13)20(3)4/h5-10H,1-4H3,(H2,18,19,22). The number of nitrogens with zero attached hydrogens (tertiary/aromatic N) is 3. The molecule has 2 N–H and O–H groups in total. The summed E-state index contributed by atoms with van der Waals surface area (Å²) in [6.07, 6.45) is 3.31. The lowest BCUT2D eigenvalue weighted by Gasteiger charge is -2.18. The molecule has 2 rings (SSSR count). The zero-order valence-electron chi connectivity index (χ0n) is 13.1. The summed E-state index contributed by atoms with van der Waals surface area (Å²) in [6.45, 7) is 3.99. The van der Waals surface area contributed by atoms with Gasteiger partial charge in [0.05, 0.1) is 23.3 Å². The summed E-state index contributed by atoms with van der Waals surface area (Å²) in [5.74, 6) is -0.409. The first-order valence-corrected chi connectivity index (χ1v) is 6.96. The monoisotopic (exact) mass is 305 g/mol. The number of hydrogen-bond donors (Lipinski definition) is 2. The molecule has 22 heavy (non-hydrogen) atoms. The van der Waals surface area contributed by atoms with Crippen LogP contribution in [0.15, 0.2) is 30.6 Å². The summed E-state index contributed by atoms with van der Waals surface area (Å²) >= 11 is 0. The first-order valence-electron chi connectivity index (χ1n) is 6.96. The molecule has 0 bridgehead atoms. The molecule has 2 amide bonds. The van der Waals surface area contributed by atoms with Crippen LogP contribution in [0, 0.1) is 5.82 Å². The zero-order chi connectivity index (χ0) is 16.3. The Morgan fingerprint density at radius 3 is 2.64 bits per heavy atom. The smallest absolute Gasteiger partial charge is 0.323 e. The van der Waals surface area contributed by atoms with Crippen molar-refractivity contribution in [3.63, 3.8) is 0 Å². The van der Waals surface area contributed by atoms with Crippen LogP contribution in [0.25, 0.3) is 0 Å². The minimum Gasteiger partial charge on any atom is -0.376 e. The Hall–Kier alpha value is -2.57. The van der Waals surface area contributed by atoms with Crippen molar-refractivity contribution in [2.75, 3.05) is 29.6 Å². The fourth-order valence-electron chi connectivity index (χ4n) is 1.97. The van der Waals surface area contributed by atoms with E-state index in [4.69, 9.17) is 0 Å². The van der Waals surface area contributed by atoms with Gasteiger partial charge in [-0.3, -0.25) is 4.68 Å². The number of benzene rings is 1. The van der Waals surface area contributed by atoms with Crippen molar-refractivity contribution in [1.82, 2.24) is 9.78 Å². The maximum atomic E-state index is 13.4. The summed E-state index contributed by atoms with van der Waals surface area (Å²) in [6, 6.07) is 4.01. The Balaban J connectivity index is 2.10. The number of anilines is 3. The van der Waals surface area contributed by atoms with E-state index in [1.807, 2.05) is 27.9 Å². The fourth-order valence-corrected chi connectivity index (χ4v) is 1.97. The van der Waals surface area contributed by atoms with Gasteiger partial charge in [0.15, 0.2) is 0 Å². The van der Waals surface area contributed by atoms with Crippen LogP contribution in [0.3, 0.4) is 0 Å². The van der Waals surface area contributed by atoms with Gasteiger partial charge in [-0.15, -0.1) is 0 Å². The molecule has 0 aliphatic rings. The predicted octanol–water partition coefficient (Wildman–Crippen LogP) is 3.31. The van der Waals surface area contributed by atoms with Gasteiger partial charge < -0.3 is 15.5 Å². The van der Waals surface area contributed by atoms with Gasteiger partial charge in [-0.05, 0) is 32.0 Å². The van der Waals surface area contributed by atoms with Crippen LogP contribution in [0.4, 0.5) is 26.2 Å². The van der Waals surface area contributed by atoms with E-state index in [9.17, 15) is 9.18 Å². The summed E-state index contributed by atoms with van der Waals surface area (Å²) < 4.78 is 15.1. The molecular weight excluding hydrogens is 285 g/mol. The highest BCUT2D eigenvalue weighted by molar-refractivity contribution is 6.01. The van der Waals surface area contributed by atoms with Gasteiger partial charge in [-0.2, -0.15) is 5.10 Å². The highest BCUT2D eigenvalue weighted by Gasteiger charge is 2.11. The van der Waals surface area contributed by atoms with Crippen LogP contribution in [-0.4, -0.2) is 29.9 Å². The van der Waals surface area contributed by atoms with Gasteiger partial charge in [-0.1, -0.05) is 0 Å². The van der Waals surface area contributed by atoms with Gasteiger partial charge in [0.25, 0.3) is 0 Å². The van der Waals surface area contributed by atoms with Crippen molar-refractivity contribution in [2.45, 2.75) is 19.9 Å². The molecule has 1 aromatic heterocycles. The second-order valence-corrected chi connectivity index (χ2v) is 5.44. The summed E-state index contributed by atoms with van der Waals surface area (Å²) in [4.78, 5) is 13.8. The molecule has 6 nitrogen and oxygen atoms in total. The molecule has 1 heterocycles. The molecule has 0 atom stereocenters. The average Bonchev–Trinajstić information content (AvgIpc) is 2.86. The van der Waals surface area contributed by atoms with Crippen molar-refractivity contribution in [3.05, 3.63) is 36.4 Å². The highest BCUT2D eigenvalue weighted by Crippen LogP contribution is 2.25. The van der Waals surface area contributed by atoms with E-state index in [-0.39, 0.29) is 6.04 Å². The third kappa shape index (κ3) is 3.75. The molecule has 0 fully saturated rings. The number of hydrogen-bond acceptors (Lipinski definition) is 3. The van der Waals surface area contributed by atoms with Gasteiger partial charge in [0.1, 0.15) is 5.82 Å². The highest BCUT2D eigenvalue weighted by atomic mass is 19.1. The largest absolute Gasteiger partial charge is 0.376 e. The van der Waals surface area contributed by atoms with Gasteiger partial charge in [0.2, 0.25) is 0 Å². The average molecular weight is 305 g/mol. The van der Waals surface area contributed by atoms with Crippen LogP contribution in [0.1, 0.15) is 19.9 Å².